The van der Waals surface area contributed by atoms with Crippen molar-refractivity contribution in [3.63, 3.8) is 0 Å². The third kappa shape index (κ3) is 4.75. The molecule has 5 nitrogen and oxygen atoms in total. The Bertz CT molecular complexity index is 723. The van der Waals surface area contributed by atoms with E-state index in [1.165, 1.54) is 24.9 Å². The van der Waals surface area contributed by atoms with E-state index >= 15 is 0 Å². The molecule has 1 aliphatic rings. The molecule has 2 heterocycles. The van der Waals surface area contributed by atoms with Crippen molar-refractivity contribution in [2.24, 2.45) is 0 Å². The third-order valence-corrected chi connectivity index (χ3v) is 4.87. The lowest BCUT2D eigenvalue weighted by Gasteiger charge is -2.28. The fraction of sp³-hybridized carbons (Fsp3) is 0.429. The number of amides is 1. The van der Waals surface area contributed by atoms with E-state index in [1.54, 1.807) is 12.4 Å². The minimum Gasteiger partial charge on any atom is -0.381 e. The molecule has 5 heteroatoms. The molecule has 1 amide bonds. The Morgan fingerprint density at radius 1 is 1.12 bits per heavy atom. The van der Waals surface area contributed by atoms with Crippen molar-refractivity contribution in [1.29, 1.82) is 0 Å². The van der Waals surface area contributed by atoms with Crippen LogP contribution < -0.4 is 15.5 Å². The van der Waals surface area contributed by atoms with Crippen molar-refractivity contribution in [2.75, 3.05) is 28.6 Å². The summed E-state index contributed by atoms with van der Waals surface area (Å²) in [6.45, 7) is 6.46. The molecule has 1 aromatic carbocycles. The van der Waals surface area contributed by atoms with Crippen LogP contribution in [0.4, 0.5) is 17.1 Å². The number of hydrogen-bond donors (Lipinski definition) is 2. The number of rotatable bonds is 6. The van der Waals surface area contributed by atoms with Gasteiger partial charge in [0.05, 0.1) is 11.3 Å². The Kier molecular flexibility index (Phi) is 6.10. The molecule has 1 unspecified atom stereocenters. The maximum atomic E-state index is 12.5. The molecular formula is C21H28N4O. The van der Waals surface area contributed by atoms with Crippen molar-refractivity contribution in [2.45, 2.75) is 45.6 Å². The van der Waals surface area contributed by atoms with E-state index in [9.17, 15) is 4.79 Å². The molecule has 1 saturated heterocycles. The molecule has 0 bridgehead atoms. The van der Waals surface area contributed by atoms with Gasteiger partial charge in [0.15, 0.2) is 0 Å². The van der Waals surface area contributed by atoms with Gasteiger partial charge < -0.3 is 15.5 Å². The number of aromatic nitrogens is 1. The number of nitrogens with zero attached hydrogens (tertiary/aromatic N) is 2. The number of piperidine rings is 1. The summed E-state index contributed by atoms with van der Waals surface area (Å²) in [5.74, 6) is -0.143. The Balaban J connectivity index is 1.63. The largest absolute Gasteiger partial charge is 0.381 e. The van der Waals surface area contributed by atoms with Crippen LogP contribution in [0.3, 0.4) is 0 Å². The second kappa shape index (κ2) is 8.70. The van der Waals surface area contributed by atoms with Crippen LogP contribution in [0.2, 0.25) is 0 Å². The van der Waals surface area contributed by atoms with Crippen LogP contribution in [-0.2, 0) is 0 Å². The maximum absolute atomic E-state index is 12.5. The molecular weight excluding hydrogens is 324 g/mol. The highest BCUT2D eigenvalue weighted by atomic mass is 16.1. The Hall–Kier alpha value is -2.56. The molecule has 1 fully saturated rings. The van der Waals surface area contributed by atoms with E-state index in [1.807, 2.05) is 18.2 Å². The fourth-order valence-electron chi connectivity index (χ4n) is 3.14. The van der Waals surface area contributed by atoms with Gasteiger partial charge in [0.1, 0.15) is 0 Å². The van der Waals surface area contributed by atoms with Gasteiger partial charge in [-0.1, -0.05) is 6.92 Å². The number of carbonyl (C=O) groups is 1. The highest BCUT2D eigenvalue weighted by molar-refractivity contribution is 6.04. The fourth-order valence-corrected chi connectivity index (χ4v) is 3.14. The topological polar surface area (TPSA) is 57.3 Å². The second-order valence-electron chi connectivity index (χ2n) is 6.96. The van der Waals surface area contributed by atoms with Crippen LogP contribution in [-0.4, -0.2) is 30.0 Å². The van der Waals surface area contributed by atoms with Crippen LogP contribution in [0, 0.1) is 0 Å². The van der Waals surface area contributed by atoms with Gasteiger partial charge in [0.2, 0.25) is 0 Å². The number of pyridine rings is 1. The molecule has 0 radical (unpaired) electrons. The lowest BCUT2D eigenvalue weighted by molar-refractivity contribution is 0.102. The first-order chi connectivity index (χ1) is 12.7. The standard InChI is InChI=1S/C21H28N4O/c1-3-16(2)23-19-13-17(14-22-15-19)21(26)24-18-7-9-20(10-8-18)25-11-5-4-6-12-25/h7-10,13-16,23H,3-6,11-12H2,1-2H3,(H,24,26). The van der Waals surface area contributed by atoms with Crippen LogP contribution in [0.5, 0.6) is 0 Å². The van der Waals surface area contributed by atoms with Crippen LogP contribution in [0.1, 0.15) is 49.9 Å². The van der Waals surface area contributed by atoms with E-state index in [4.69, 9.17) is 0 Å². The summed E-state index contributed by atoms with van der Waals surface area (Å²) in [6.07, 6.45) is 8.19. The summed E-state index contributed by atoms with van der Waals surface area (Å²) in [5.41, 5.74) is 3.45. The second-order valence-corrected chi connectivity index (χ2v) is 6.96. The van der Waals surface area contributed by atoms with Gasteiger partial charge >= 0.3 is 0 Å². The Morgan fingerprint density at radius 2 is 1.85 bits per heavy atom. The zero-order valence-corrected chi connectivity index (χ0v) is 15.7. The summed E-state index contributed by atoms with van der Waals surface area (Å²) < 4.78 is 0. The zero-order chi connectivity index (χ0) is 18.4. The molecule has 2 aromatic rings. The number of carbonyl (C=O) groups excluding carboxylic acids is 1. The highest BCUT2D eigenvalue weighted by Crippen LogP contribution is 2.22. The van der Waals surface area contributed by atoms with Crippen molar-refractivity contribution in [3.05, 3.63) is 48.3 Å². The SMILES string of the molecule is CCC(C)Nc1cncc(C(=O)Nc2ccc(N3CCCCC3)cc2)c1. The number of hydrogen-bond acceptors (Lipinski definition) is 4. The van der Waals surface area contributed by atoms with Gasteiger partial charge in [-0.15, -0.1) is 0 Å². The van der Waals surface area contributed by atoms with Crippen LogP contribution >= 0.6 is 0 Å². The van der Waals surface area contributed by atoms with Crippen LogP contribution in [0.15, 0.2) is 42.7 Å². The van der Waals surface area contributed by atoms with Gasteiger partial charge in [-0.25, -0.2) is 0 Å². The van der Waals surface area contributed by atoms with Crippen molar-refractivity contribution in [3.8, 4) is 0 Å². The summed E-state index contributed by atoms with van der Waals surface area (Å²) in [7, 11) is 0. The Labute approximate surface area is 155 Å². The quantitative estimate of drug-likeness (QED) is 0.802. The normalized spacial score (nSPS) is 15.4. The molecule has 3 rings (SSSR count). The predicted molar refractivity (Wildman–Crippen MR) is 108 cm³/mol. The first-order valence-corrected chi connectivity index (χ1v) is 9.53. The predicted octanol–water partition coefficient (Wildman–Crippen LogP) is 4.53. The minimum atomic E-state index is -0.143. The first kappa shape index (κ1) is 18.2. The third-order valence-electron chi connectivity index (χ3n) is 4.87. The van der Waals surface area contributed by atoms with Crippen molar-refractivity contribution in [1.82, 2.24) is 4.98 Å². The average Bonchev–Trinajstić information content (AvgIpc) is 2.69. The number of anilines is 3. The molecule has 2 N–H and O–H groups in total. The summed E-state index contributed by atoms with van der Waals surface area (Å²) in [5, 5.41) is 6.30. The molecule has 0 spiro atoms. The van der Waals surface area contributed by atoms with E-state index in [0.717, 1.165) is 30.9 Å². The monoisotopic (exact) mass is 352 g/mol. The Morgan fingerprint density at radius 3 is 2.54 bits per heavy atom. The summed E-state index contributed by atoms with van der Waals surface area (Å²) >= 11 is 0. The van der Waals surface area contributed by atoms with Gasteiger partial charge in [-0.3, -0.25) is 9.78 Å². The van der Waals surface area contributed by atoms with Gasteiger partial charge in [0, 0.05) is 42.9 Å². The molecule has 1 atom stereocenters. The molecule has 26 heavy (non-hydrogen) atoms. The van der Waals surface area contributed by atoms with Crippen LogP contribution in [0.25, 0.3) is 0 Å². The van der Waals surface area contributed by atoms with E-state index in [0.29, 0.717) is 11.6 Å². The smallest absolute Gasteiger partial charge is 0.257 e. The van der Waals surface area contributed by atoms with E-state index in [2.05, 4.69) is 46.5 Å². The average molecular weight is 352 g/mol. The molecule has 1 aromatic heterocycles. The lowest BCUT2D eigenvalue weighted by atomic mass is 10.1. The van der Waals surface area contributed by atoms with Gasteiger partial charge in [-0.2, -0.15) is 0 Å². The van der Waals surface area contributed by atoms with Gasteiger partial charge in [-0.05, 0) is 62.9 Å². The molecule has 1 aliphatic heterocycles. The van der Waals surface area contributed by atoms with E-state index in [-0.39, 0.29) is 5.91 Å². The highest BCUT2D eigenvalue weighted by Gasteiger charge is 2.12. The number of nitrogens with one attached hydrogen (secondary N) is 2. The van der Waals surface area contributed by atoms with Crippen molar-refractivity contribution < 1.29 is 4.79 Å². The zero-order valence-electron chi connectivity index (χ0n) is 15.7. The summed E-state index contributed by atoms with van der Waals surface area (Å²) in [4.78, 5) is 19.1. The molecule has 0 saturated carbocycles. The summed E-state index contributed by atoms with van der Waals surface area (Å²) in [6, 6.07) is 10.3. The first-order valence-electron chi connectivity index (χ1n) is 9.53. The maximum Gasteiger partial charge on any atom is 0.257 e. The van der Waals surface area contributed by atoms with E-state index < -0.39 is 0 Å². The van der Waals surface area contributed by atoms with Gasteiger partial charge in [0.25, 0.3) is 5.91 Å². The lowest BCUT2D eigenvalue weighted by Crippen LogP contribution is -2.29. The minimum absolute atomic E-state index is 0.143. The molecule has 0 aliphatic carbocycles. The van der Waals surface area contributed by atoms with Crippen molar-refractivity contribution >= 4 is 23.0 Å². The molecule has 138 valence electrons. The number of benzene rings is 1.